The van der Waals surface area contributed by atoms with Crippen molar-refractivity contribution in [1.82, 2.24) is 0 Å². The molecule has 0 radical (unpaired) electrons. The van der Waals surface area contributed by atoms with Gasteiger partial charge in [-0.2, -0.15) is 0 Å². The van der Waals surface area contributed by atoms with Crippen LogP contribution in [0.5, 0.6) is 0 Å². The Morgan fingerprint density at radius 2 is 1.93 bits per heavy atom. The molecule has 14 heavy (non-hydrogen) atoms. The van der Waals surface area contributed by atoms with Crippen molar-refractivity contribution in [3.05, 3.63) is 23.3 Å². The maximum atomic E-state index is 5.86. The van der Waals surface area contributed by atoms with Crippen molar-refractivity contribution in [3.63, 3.8) is 0 Å². The fourth-order valence-corrected chi connectivity index (χ4v) is 2.49. The summed E-state index contributed by atoms with van der Waals surface area (Å²) in [6.07, 6.45) is 0. The topological polar surface area (TPSA) is 29.3 Å². The van der Waals surface area contributed by atoms with Gasteiger partial charge < -0.3 is 10.6 Å². The molecule has 2 nitrogen and oxygen atoms in total. The minimum absolute atomic E-state index is 0.575. The van der Waals surface area contributed by atoms with Crippen molar-refractivity contribution >= 4 is 11.4 Å². The van der Waals surface area contributed by atoms with E-state index in [0.29, 0.717) is 12.0 Å². The number of nitrogens with two attached hydrogens (primary N) is 1. The van der Waals surface area contributed by atoms with Gasteiger partial charge in [-0.3, -0.25) is 0 Å². The molecule has 2 rings (SSSR count). The van der Waals surface area contributed by atoms with Gasteiger partial charge in [-0.15, -0.1) is 0 Å². The van der Waals surface area contributed by atoms with Gasteiger partial charge in [0.05, 0.1) is 0 Å². The number of benzene rings is 1. The highest BCUT2D eigenvalue weighted by molar-refractivity contribution is 5.69. The molecule has 0 saturated carbocycles. The van der Waals surface area contributed by atoms with Crippen LogP contribution in [0.25, 0.3) is 0 Å². The second-order valence-electron chi connectivity index (χ2n) is 4.41. The third kappa shape index (κ3) is 1.10. The predicted molar refractivity (Wildman–Crippen MR) is 61.9 cm³/mol. The van der Waals surface area contributed by atoms with E-state index >= 15 is 0 Å². The lowest BCUT2D eigenvalue weighted by atomic mass is 9.94. The summed E-state index contributed by atoms with van der Waals surface area (Å²) in [6.45, 7) is 6.70. The van der Waals surface area contributed by atoms with Gasteiger partial charge in [0.15, 0.2) is 0 Å². The summed E-state index contributed by atoms with van der Waals surface area (Å²) < 4.78 is 0. The van der Waals surface area contributed by atoms with E-state index < -0.39 is 0 Å². The van der Waals surface area contributed by atoms with E-state index in [9.17, 15) is 0 Å². The zero-order chi connectivity index (χ0) is 10.5. The summed E-state index contributed by atoms with van der Waals surface area (Å²) in [7, 11) is 2.14. The van der Waals surface area contributed by atoms with E-state index in [2.05, 4.69) is 44.9 Å². The first-order chi connectivity index (χ1) is 6.52. The van der Waals surface area contributed by atoms with Crippen LogP contribution in [0.4, 0.5) is 11.4 Å². The van der Waals surface area contributed by atoms with Gasteiger partial charge in [-0.25, -0.2) is 0 Å². The maximum absolute atomic E-state index is 5.86. The SMILES string of the molecule is Cc1cc(N)cc2c1C(C)C(C)N2C. The normalized spacial score (nSPS) is 25.3. The Hall–Kier alpha value is -1.18. The van der Waals surface area contributed by atoms with Crippen LogP contribution in [0.1, 0.15) is 30.9 Å². The summed E-state index contributed by atoms with van der Waals surface area (Å²) >= 11 is 0. The molecule has 2 atom stereocenters. The third-order valence-corrected chi connectivity index (χ3v) is 3.56. The van der Waals surface area contributed by atoms with Gasteiger partial charge >= 0.3 is 0 Å². The van der Waals surface area contributed by atoms with Crippen molar-refractivity contribution in [2.24, 2.45) is 0 Å². The molecule has 1 aliphatic rings. The van der Waals surface area contributed by atoms with Crippen molar-refractivity contribution in [1.29, 1.82) is 0 Å². The molecule has 0 bridgehead atoms. The van der Waals surface area contributed by atoms with Crippen LogP contribution in [0.2, 0.25) is 0 Å². The minimum Gasteiger partial charge on any atom is -0.399 e. The first kappa shape index (κ1) is 9.38. The molecule has 1 heterocycles. The number of anilines is 2. The van der Waals surface area contributed by atoms with Crippen molar-refractivity contribution in [3.8, 4) is 0 Å². The van der Waals surface area contributed by atoms with Gasteiger partial charge in [0.1, 0.15) is 0 Å². The molecular weight excluding hydrogens is 172 g/mol. The van der Waals surface area contributed by atoms with E-state index in [1.54, 1.807) is 0 Å². The average molecular weight is 190 g/mol. The monoisotopic (exact) mass is 190 g/mol. The molecule has 2 unspecified atom stereocenters. The molecular formula is C12H18N2. The van der Waals surface area contributed by atoms with Gasteiger partial charge in [0.25, 0.3) is 0 Å². The molecule has 1 aromatic rings. The zero-order valence-corrected chi connectivity index (χ0v) is 9.33. The van der Waals surface area contributed by atoms with E-state index in [-0.39, 0.29) is 0 Å². The number of hydrogen-bond donors (Lipinski definition) is 1. The molecule has 76 valence electrons. The van der Waals surface area contributed by atoms with E-state index in [1.165, 1.54) is 16.8 Å². The summed E-state index contributed by atoms with van der Waals surface area (Å²) in [5.41, 5.74) is 10.8. The van der Waals surface area contributed by atoms with Gasteiger partial charge in [0.2, 0.25) is 0 Å². The van der Waals surface area contributed by atoms with Crippen LogP contribution in [-0.2, 0) is 0 Å². The highest BCUT2D eigenvalue weighted by Gasteiger charge is 2.31. The molecule has 0 aromatic heterocycles. The molecule has 1 aromatic carbocycles. The lowest BCUT2D eigenvalue weighted by Gasteiger charge is -2.20. The van der Waals surface area contributed by atoms with Crippen LogP contribution < -0.4 is 10.6 Å². The van der Waals surface area contributed by atoms with E-state index in [1.807, 2.05) is 0 Å². The Labute approximate surface area is 85.7 Å². The van der Waals surface area contributed by atoms with Crippen LogP contribution in [0.15, 0.2) is 12.1 Å². The quantitative estimate of drug-likeness (QED) is 0.637. The van der Waals surface area contributed by atoms with Gasteiger partial charge in [-0.1, -0.05) is 6.92 Å². The first-order valence-electron chi connectivity index (χ1n) is 5.15. The van der Waals surface area contributed by atoms with Crippen LogP contribution in [0, 0.1) is 6.92 Å². The molecule has 2 heteroatoms. The van der Waals surface area contributed by atoms with Gasteiger partial charge in [-0.05, 0) is 37.1 Å². The standard InChI is InChI=1S/C12H18N2/c1-7-5-10(13)6-11-12(7)8(2)9(3)14(11)4/h5-6,8-9H,13H2,1-4H3. The molecule has 0 spiro atoms. The summed E-state index contributed by atoms with van der Waals surface area (Å²) in [4.78, 5) is 2.32. The van der Waals surface area contributed by atoms with Crippen LogP contribution >= 0.6 is 0 Å². The molecule has 0 amide bonds. The van der Waals surface area contributed by atoms with E-state index in [4.69, 9.17) is 5.73 Å². The highest BCUT2D eigenvalue weighted by Crippen LogP contribution is 2.42. The van der Waals surface area contributed by atoms with Crippen molar-refractivity contribution < 1.29 is 0 Å². The Morgan fingerprint density at radius 3 is 2.57 bits per heavy atom. The molecule has 1 aliphatic heterocycles. The largest absolute Gasteiger partial charge is 0.399 e. The minimum atomic E-state index is 0.575. The fraction of sp³-hybridized carbons (Fsp3) is 0.500. The van der Waals surface area contributed by atoms with Crippen LogP contribution in [0.3, 0.4) is 0 Å². The summed E-state index contributed by atoms with van der Waals surface area (Å²) in [5, 5.41) is 0. The van der Waals surface area contributed by atoms with Crippen molar-refractivity contribution in [2.45, 2.75) is 32.7 Å². The lowest BCUT2D eigenvalue weighted by molar-refractivity contribution is 0.624. The van der Waals surface area contributed by atoms with Gasteiger partial charge in [0, 0.05) is 30.4 Å². The number of rotatable bonds is 0. The fourth-order valence-electron chi connectivity index (χ4n) is 2.49. The second-order valence-corrected chi connectivity index (χ2v) is 4.41. The molecule has 0 aliphatic carbocycles. The van der Waals surface area contributed by atoms with Crippen LogP contribution in [-0.4, -0.2) is 13.1 Å². The smallest absolute Gasteiger partial charge is 0.0425 e. The summed E-state index contributed by atoms with van der Waals surface area (Å²) in [6, 6.07) is 4.73. The number of nitrogens with zero attached hydrogens (tertiary/aromatic N) is 1. The molecule has 0 fully saturated rings. The third-order valence-electron chi connectivity index (χ3n) is 3.56. The highest BCUT2D eigenvalue weighted by atomic mass is 15.2. The van der Waals surface area contributed by atoms with Crippen molar-refractivity contribution in [2.75, 3.05) is 17.7 Å². The predicted octanol–water partition coefficient (Wildman–Crippen LogP) is 2.52. The number of nitrogen functional groups attached to an aromatic ring is 1. The Bertz CT molecular complexity index is 371. The zero-order valence-electron chi connectivity index (χ0n) is 9.33. The Kier molecular flexibility index (Phi) is 1.95. The second kappa shape index (κ2) is 2.91. The first-order valence-corrected chi connectivity index (χ1v) is 5.15. The summed E-state index contributed by atoms with van der Waals surface area (Å²) in [5.74, 6) is 0.607. The lowest BCUT2D eigenvalue weighted by Crippen LogP contribution is -2.25. The van der Waals surface area contributed by atoms with E-state index in [0.717, 1.165) is 5.69 Å². The molecule has 0 saturated heterocycles. The Morgan fingerprint density at radius 1 is 1.29 bits per heavy atom. The maximum Gasteiger partial charge on any atom is 0.0425 e. The number of aryl methyl sites for hydroxylation is 1. The number of hydrogen-bond acceptors (Lipinski definition) is 2. The average Bonchev–Trinajstić information content (AvgIpc) is 2.31. The Balaban J connectivity index is 2.63. The number of likely N-dealkylation sites (N-methyl/N-ethyl adjacent to an activating group) is 1. The molecule has 2 N–H and O–H groups in total. The number of fused-ring (bicyclic) bond motifs is 1.